The summed E-state index contributed by atoms with van der Waals surface area (Å²) < 4.78 is 0.956. The lowest BCUT2D eigenvalue weighted by Gasteiger charge is -2.38. The van der Waals surface area contributed by atoms with Crippen molar-refractivity contribution in [3.05, 3.63) is 28.2 Å². The monoisotopic (exact) mass is 332 g/mol. The van der Waals surface area contributed by atoms with Crippen LogP contribution in [0.3, 0.4) is 0 Å². The van der Waals surface area contributed by atoms with Gasteiger partial charge in [0, 0.05) is 30.7 Å². The third-order valence-electron chi connectivity index (χ3n) is 3.71. The van der Waals surface area contributed by atoms with E-state index in [9.17, 15) is 0 Å². The van der Waals surface area contributed by atoms with E-state index in [1.807, 2.05) is 18.2 Å². The predicted octanol–water partition coefficient (Wildman–Crippen LogP) is 2.74. The van der Waals surface area contributed by atoms with Crippen molar-refractivity contribution < 1.29 is 0 Å². The number of halogens is 1. The van der Waals surface area contributed by atoms with E-state index in [1.165, 1.54) is 0 Å². The summed E-state index contributed by atoms with van der Waals surface area (Å²) in [5.41, 5.74) is 1.78. The molecule has 1 atom stereocenters. The molecule has 0 saturated carbocycles. The average molecular weight is 333 g/mol. The molecular weight excluding hydrogens is 316 g/mol. The minimum atomic E-state index is 0.0292. The molecule has 5 heteroatoms. The number of anilines is 1. The van der Waals surface area contributed by atoms with Crippen LogP contribution >= 0.6 is 15.9 Å². The molecule has 0 amide bonds. The van der Waals surface area contributed by atoms with Gasteiger partial charge in [0.1, 0.15) is 0 Å². The second-order valence-electron chi connectivity index (χ2n) is 4.85. The quantitative estimate of drug-likeness (QED) is 0.853. The molecule has 1 fully saturated rings. The number of hydrogen-bond donors (Lipinski definition) is 0. The Kier molecular flexibility index (Phi) is 5.00. The Labute approximate surface area is 128 Å². The topological polar surface area (TPSA) is 54.1 Å². The van der Waals surface area contributed by atoms with Gasteiger partial charge in [0.05, 0.1) is 29.4 Å². The van der Waals surface area contributed by atoms with Gasteiger partial charge in [0.2, 0.25) is 0 Å². The minimum absolute atomic E-state index is 0.0292. The first-order valence-corrected chi connectivity index (χ1v) is 7.57. The van der Waals surface area contributed by atoms with Crippen LogP contribution < -0.4 is 4.90 Å². The molecule has 4 nitrogen and oxygen atoms in total. The minimum Gasteiger partial charge on any atom is -0.368 e. The van der Waals surface area contributed by atoms with Gasteiger partial charge in [-0.05, 0) is 40.5 Å². The van der Waals surface area contributed by atoms with Gasteiger partial charge in [-0.1, -0.05) is 6.92 Å². The molecule has 0 radical (unpaired) electrons. The second-order valence-corrected chi connectivity index (χ2v) is 5.71. The van der Waals surface area contributed by atoms with Crippen LogP contribution in [0.25, 0.3) is 0 Å². The summed E-state index contributed by atoms with van der Waals surface area (Å²) in [7, 11) is 0. The van der Waals surface area contributed by atoms with Gasteiger partial charge in [-0.15, -0.1) is 0 Å². The Balaban J connectivity index is 2.04. The van der Waals surface area contributed by atoms with Crippen molar-refractivity contribution >= 4 is 21.6 Å². The molecule has 1 aliphatic heterocycles. The van der Waals surface area contributed by atoms with E-state index in [1.54, 1.807) is 0 Å². The number of benzene rings is 1. The maximum Gasteiger partial charge on any atom is 0.0992 e. The van der Waals surface area contributed by atoms with Gasteiger partial charge < -0.3 is 4.90 Å². The van der Waals surface area contributed by atoms with Crippen molar-refractivity contribution in [2.45, 2.75) is 19.4 Å². The van der Waals surface area contributed by atoms with Crippen LogP contribution in [-0.4, -0.2) is 37.1 Å². The largest absolute Gasteiger partial charge is 0.368 e. The van der Waals surface area contributed by atoms with E-state index < -0.39 is 0 Å². The van der Waals surface area contributed by atoms with Gasteiger partial charge in [-0.25, -0.2) is 0 Å². The maximum atomic E-state index is 9.12. The Hall–Kier alpha value is -1.56. The standard InChI is InChI=1S/C15H17BrN4/c1-2-13(11-18)19-5-7-20(8-6-19)15-4-3-12(10-17)9-14(15)16/h3-4,9,13H,2,5-8H2,1H3. The lowest BCUT2D eigenvalue weighted by molar-refractivity contribution is 0.216. The lowest BCUT2D eigenvalue weighted by atomic mass is 10.1. The molecule has 1 aromatic rings. The fourth-order valence-corrected chi connectivity index (χ4v) is 3.17. The zero-order valence-corrected chi connectivity index (χ0v) is 13.1. The third-order valence-corrected chi connectivity index (χ3v) is 4.34. The van der Waals surface area contributed by atoms with Crippen molar-refractivity contribution in [2.24, 2.45) is 0 Å². The summed E-state index contributed by atoms with van der Waals surface area (Å²) in [6.45, 7) is 5.67. The molecule has 0 N–H and O–H groups in total. The first kappa shape index (κ1) is 14.8. The van der Waals surface area contributed by atoms with Crippen LogP contribution in [-0.2, 0) is 0 Å². The third kappa shape index (κ3) is 3.12. The highest BCUT2D eigenvalue weighted by Gasteiger charge is 2.23. The van der Waals surface area contributed by atoms with Crippen molar-refractivity contribution in [1.82, 2.24) is 4.90 Å². The summed E-state index contributed by atoms with van der Waals surface area (Å²) in [5.74, 6) is 0. The van der Waals surface area contributed by atoms with Crippen LogP contribution in [0.15, 0.2) is 22.7 Å². The highest BCUT2D eigenvalue weighted by Crippen LogP contribution is 2.28. The van der Waals surface area contributed by atoms with Crippen molar-refractivity contribution in [2.75, 3.05) is 31.1 Å². The van der Waals surface area contributed by atoms with Gasteiger partial charge >= 0.3 is 0 Å². The van der Waals surface area contributed by atoms with E-state index in [2.05, 4.69) is 44.8 Å². The normalized spacial score (nSPS) is 17.3. The molecule has 1 saturated heterocycles. The Morgan fingerprint density at radius 1 is 1.25 bits per heavy atom. The number of piperazine rings is 1. The van der Waals surface area contributed by atoms with Crippen LogP contribution in [0.2, 0.25) is 0 Å². The average Bonchev–Trinajstić information content (AvgIpc) is 2.49. The Morgan fingerprint density at radius 2 is 1.95 bits per heavy atom. The molecule has 1 heterocycles. The lowest BCUT2D eigenvalue weighted by Crippen LogP contribution is -2.50. The molecule has 1 aliphatic rings. The van der Waals surface area contributed by atoms with E-state index >= 15 is 0 Å². The van der Waals surface area contributed by atoms with E-state index in [0.717, 1.165) is 42.8 Å². The van der Waals surface area contributed by atoms with Crippen LogP contribution in [0, 0.1) is 22.7 Å². The smallest absolute Gasteiger partial charge is 0.0992 e. The maximum absolute atomic E-state index is 9.12. The SMILES string of the molecule is CCC(C#N)N1CCN(c2ccc(C#N)cc2Br)CC1. The summed E-state index contributed by atoms with van der Waals surface area (Å²) in [4.78, 5) is 4.54. The molecule has 0 aromatic heterocycles. The first-order chi connectivity index (χ1) is 9.69. The molecular formula is C15H17BrN4. The predicted molar refractivity (Wildman–Crippen MR) is 82.3 cm³/mol. The van der Waals surface area contributed by atoms with Gasteiger partial charge in [-0.2, -0.15) is 10.5 Å². The van der Waals surface area contributed by atoms with E-state index in [0.29, 0.717) is 5.56 Å². The van der Waals surface area contributed by atoms with Crippen LogP contribution in [0.4, 0.5) is 5.69 Å². The molecule has 2 rings (SSSR count). The highest BCUT2D eigenvalue weighted by molar-refractivity contribution is 9.10. The molecule has 0 bridgehead atoms. The molecule has 1 unspecified atom stereocenters. The van der Waals surface area contributed by atoms with Crippen molar-refractivity contribution in [3.63, 3.8) is 0 Å². The summed E-state index contributed by atoms with van der Waals surface area (Å²) >= 11 is 3.54. The number of rotatable bonds is 3. The summed E-state index contributed by atoms with van der Waals surface area (Å²) in [6.07, 6.45) is 0.872. The van der Waals surface area contributed by atoms with E-state index in [4.69, 9.17) is 10.5 Å². The fourth-order valence-electron chi connectivity index (χ4n) is 2.54. The number of hydrogen-bond acceptors (Lipinski definition) is 4. The Bertz CT molecular complexity index is 550. The molecule has 1 aromatic carbocycles. The zero-order valence-electron chi connectivity index (χ0n) is 11.5. The Morgan fingerprint density at radius 3 is 2.45 bits per heavy atom. The molecule has 104 valence electrons. The van der Waals surface area contributed by atoms with Crippen LogP contribution in [0.1, 0.15) is 18.9 Å². The molecule has 0 spiro atoms. The molecule has 20 heavy (non-hydrogen) atoms. The van der Waals surface area contributed by atoms with Gasteiger partial charge in [-0.3, -0.25) is 4.90 Å². The molecule has 0 aliphatic carbocycles. The van der Waals surface area contributed by atoms with Gasteiger partial charge in [0.15, 0.2) is 0 Å². The number of nitrogens with zero attached hydrogens (tertiary/aromatic N) is 4. The van der Waals surface area contributed by atoms with Crippen molar-refractivity contribution in [3.8, 4) is 12.1 Å². The summed E-state index contributed by atoms with van der Waals surface area (Å²) in [6, 6.07) is 10.2. The fraction of sp³-hybridized carbons (Fsp3) is 0.467. The van der Waals surface area contributed by atoms with Crippen LogP contribution in [0.5, 0.6) is 0 Å². The number of nitriles is 2. The second kappa shape index (κ2) is 6.74. The highest BCUT2D eigenvalue weighted by atomic mass is 79.9. The zero-order chi connectivity index (χ0) is 14.5. The summed E-state index contributed by atoms with van der Waals surface area (Å²) in [5, 5.41) is 18.0. The van der Waals surface area contributed by atoms with Crippen molar-refractivity contribution in [1.29, 1.82) is 10.5 Å². The first-order valence-electron chi connectivity index (χ1n) is 6.77. The van der Waals surface area contributed by atoms with E-state index in [-0.39, 0.29) is 6.04 Å². The van der Waals surface area contributed by atoms with Gasteiger partial charge in [0.25, 0.3) is 0 Å².